The number of benzene rings is 1. The van der Waals surface area contributed by atoms with E-state index in [0.29, 0.717) is 12.1 Å². The smallest absolute Gasteiger partial charge is 0.407 e. The van der Waals surface area contributed by atoms with Crippen molar-refractivity contribution in [3.8, 4) is 6.07 Å². The summed E-state index contributed by atoms with van der Waals surface area (Å²) in [7, 11) is 0. The summed E-state index contributed by atoms with van der Waals surface area (Å²) in [6.07, 6.45) is -0.445. The molecule has 0 bridgehead atoms. The lowest BCUT2D eigenvalue weighted by Gasteiger charge is -2.05. The van der Waals surface area contributed by atoms with Crippen molar-refractivity contribution in [3.63, 3.8) is 0 Å². The van der Waals surface area contributed by atoms with Crippen LogP contribution in [0, 0.1) is 11.3 Å². The normalized spacial score (nSPS) is 9.07. The minimum absolute atomic E-state index is 0.182. The number of amides is 1. The molecule has 0 unspecified atom stereocenters. The molecular weight excluding hydrogens is 192 g/mol. The van der Waals surface area contributed by atoms with E-state index < -0.39 is 6.09 Å². The molecule has 0 atom stereocenters. The van der Waals surface area contributed by atoms with Crippen molar-refractivity contribution in [1.82, 2.24) is 5.32 Å². The molecule has 0 heterocycles. The Kier molecular flexibility index (Phi) is 4.17. The summed E-state index contributed by atoms with van der Waals surface area (Å²) in [5.41, 5.74) is 1.37. The fraction of sp³-hybridized carbons (Fsp3) is 0.273. The zero-order chi connectivity index (χ0) is 11.1. The summed E-state index contributed by atoms with van der Waals surface area (Å²) in [5.74, 6) is 0. The second-order valence-corrected chi connectivity index (χ2v) is 2.92. The first-order valence-electron chi connectivity index (χ1n) is 4.66. The Balaban J connectivity index is 2.51. The highest BCUT2D eigenvalue weighted by Gasteiger charge is 2.00. The highest BCUT2D eigenvalue weighted by atomic mass is 16.5. The maximum atomic E-state index is 11.0. The first-order valence-corrected chi connectivity index (χ1v) is 4.66. The molecule has 4 nitrogen and oxygen atoms in total. The summed E-state index contributed by atoms with van der Waals surface area (Å²) in [5, 5.41) is 11.2. The molecule has 1 rings (SSSR count). The molecule has 0 spiro atoms. The molecule has 0 saturated carbocycles. The van der Waals surface area contributed by atoms with Gasteiger partial charge in [0.1, 0.15) is 6.61 Å². The zero-order valence-corrected chi connectivity index (χ0v) is 8.49. The Hall–Kier alpha value is -2.02. The lowest BCUT2D eigenvalue weighted by atomic mass is 10.1. The number of carbonyl (C=O) groups excluding carboxylic acids is 1. The molecule has 1 aromatic carbocycles. The fourth-order valence-electron chi connectivity index (χ4n) is 1.07. The minimum atomic E-state index is -0.445. The second-order valence-electron chi connectivity index (χ2n) is 2.92. The van der Waals surface area contributed by atoms with Gasteiger partial charge in [-0.05, 0) is 24.6 Å². The molecule has 0 radical (unpaired) electrons. The quantitative estimate of drug-likeness (QED) is 0.816. The third kappa shape index (κ3) is 3.69. The maximum absolute atomic E-state index is 11.0. The van der Waals surface area contributed by atoms with E-state index in [1.165, 1.54) is 0 Å². The van der Waals surface area contributed by atoms with E-state index in [1.807, 2.05) is 13.0 Å². The molecule has 0 fully saturated rings. The third-order valence-corrected chi connectivity index (χ3v) is 1.75. The average molecular weight is 204 g/mol. The number of alkyl carbamates (subject to hydrolysis) is 1. The minimum Gasteiger partial charge on any atom is -0.445 e. The number of ether oxygens (including phenoxy) is 1. The molecule has 1 amide bonds. The molecule has 4 heteroatoms. The Labute approximate surface area is 88.5 Å². The molecule has 78 valence electrons. The highest BCUT2D eigenvalue weighted by molar-refractivity contribution is 5.67. The number of nitriles is 1. The van der Waals surface area contributed by atoms with Crippen LogP contribution in [0.15, 0.2) is 24.3 Å². The Morgan fingerprint density at radius 1 is 1.60 bits per heavy atom. The lowest BCUT2D eigenvalue weighted by Crippen LogP contribution is -2.23. The number of rotatable bonds is 3. The Morgan fingerprint density at radius 2 is 2.40 bits per heavy atom. The summed E-state index contributed by atoms with van der Waals surface area (Å²) in [6.45, 7) is 2.54. The molecular formula is C11H12N2O2. The largest absolute Gasteiger partial charge is 0.445 e. The van der Waals surface area contributed by atoms with Crippen LogP contribution >= 0.6 is 0 Å². The SMILES string of the molecule is CCNC(=O)OCc1cccc(C#N)c1. The standard InChI is InChI=1S/C11H12N2O2/c1-2-13-11(14)15-8-10-5-3-4-9(6-10)7-12/h3-6H,2,8H2,1H3,(H,13,14). The Bertz CT molecular complexity index is 382. The van der Waals surface area contributed by atoms with Crippen LogP contribution in [0.4, 0.5) is 4.79 Å². The van der Waals surface area contributed by atoms with Crippen molar-refractivity contribution in [2.24, 2.45) is 0 Å². The molecule has 15 heavy (non-hydrogen) atoms. The van der Waals surface area contributed by atoms with Crippen molar-refractivity contribution >= 4 is 6.09 Å². The monoisotopic (exact) mass is 204 g/mol. The van der Waals surface area contributed by atoms with E-state index >= 15 is 0 Å². The molecule has 1 N–H and O–H groups in total. The van der Waals surface area contributed by atoms with Crippen molar-refractivity contribution in [1.29, 1.82) is 5.26 Å². The van der Waals surface area contributed by atoms with E-state index in [0.717, 1.165) is 5.56 Å². The Morgan fingerprint density at radius 3 is 3.07 bits per heavy atom. The van der Waals surface area contributed by atoms with Gasteiger partial charge >= 0.3 is 6.09 Å². The van der Waals surface area contributed by atoms with Crippen molar-refractivity contribution < 1.29 is 9.53 Å². The summed E-state index contributed by atoms with van der Waals surface area (Å²) < 4.78 is 4.91. The van der Waals surface area contributed by atoms with Crippen LogP contribution in [-0.2, 0) is 11.3 Å². The molecule has 0 aliphatic carbocycles. The average Bonchev–Trinajstić information content (AvgIpc) is 2.27. The van der Waals surface area contributed by atoms with Gasteiger partial charge in [-0.2, -0.15) is 5.26 Å². The van der Waals surface area contributed by atoms with Gasteiger partial charge in [-0.15, -0.1) is 0 Å². The number of hydrogen-bond donors (Lipinski definition) is 1. The van der Waals surface area contributed by atoms with Gasteiger partial charge in [-0.1, -0.05) is 12.1 Å². The predicted octanol–water partition coefficient (Wildman–Crippen LogP) is 1.80. The summed E-state index contributed by atoms with van der Waals surface area (Å²) >= 11 is 0. The topological polar surface area (TPSA) is 62.1 Å². The van der Waals surface area contributed by atoms with Crippen LogP contribution in [0.5, 0.6) is 0 Å². The van der Waals surface area contributed by atoms with Crippen molar-refractivity contribution in [2.45, 2.75) is 13.5 Å². The summed E-state index contributed by atoms with van der Waals surface area (Å²) in [6, 6.07) is 8.99. The molecule has 0 aliphatic heterocycles. The van der Waals surface area contributed by atoms with Crippen molar-refractivity contribution in [3.05, 3.63) is 35.4 Å². The van der Waals surface area contributed by atoms with Gasteiger partial charge in [0.15, 0.2) is 0 Å². The van der Waals surface area contributed by atoms with Crippen molar-refractivity contribution in [2.75, 3.05) is 6.54 Å². The third-order valence-electron chi connectivity index (χ3n) is 1.75. The van der Waals surface area contributed by atoms with Crippen LogP contribution in [0.2, 0.25) is 0 Å². The predicted molar refractivity (Wildman–Crippen MR) is 55.0 cm³/mol. The number of hydrogen-bond acceptors (Lipinski definition) is 3. The molecule has 1 aromatic rings. The lowest BCUT2D eigenvalue weighted by molar-refractivity contribution is 0.140. The van der Waals surface area contributed by atoms with E-state index in [1.54, 1.807) is 24.3 Å². The van der Waals surface area contributed by atoms with E-state index in [4.69, 9.17) is 10.00 Å². The first kappa shape index (κ1) is 11.1. The second kappa shape index (κ2) is 5.66. The highest BCUT2D eigenvalue weighted by Crippen LogP contribution is 2.05. The van der Waals surface area contributed by atoms with Gasteiger partial charge in [0, 0.05) is 6.54 Å². The fourth-order valence-corrected chi connectivity index (χ4v) is 1.07. The number of nitrogens with zero attached hydrogens (tertiary/aromatic N) is 1. The van der Waals surface area contributed by atoms with E-state index in [-0.39, 0.29) is 6.61 Å². The van der Waals surface area contributed by atoms with Gasteiger partial charge in [0.05, 0.1) is 11.6 Å². The molecule has 0 aromatic heterocycles. The molecule has 0 saturated heterocycles. The molecule has 0 aliphatic rings. The van der Waals surface area contributed by atoms with Gasteiger partial charge in [0.25, 0.3) is 0 Å². The van der Waals surface area contributed by atoms with Gasteiger partial charge < -0.3 is 10.1 Å². The van der Waals surface area contributed by atoms with Crippen LogP contribution in [0.3, 0.4) is 0 Å². The van der Waals surface area contributed by atoms with Gasteiger partial charge in [-0.3, -0.25) is 0 Å². The van der Waals surface area contributed by atoms with Crippen LogP contribution in [-0.4, -0.2) is 12.6 Å². The number of carbonyl (C=O) groups is 1. The number of nitrogens with one attached hydrogen (secondary N) is 1. The maximum Gasteiger partial charge on any atom is 0.407 e. The van der Waals surface area contributed by atoms with E-state index in [2.05, 4.69) is 5.32 Å². The van der Waals surface area contributed by atoms with Gasteiger partial charge in [-0.25, -0.2) is 4.79 Å². The van der Waals surface area contributed by atoms with Crippen LogP contribution < -0.4 is 5.32 Å². The van der Waals surface area contributed by atoms with E-state index in [9.17, 15) is 4.79 Å². The zero-order valence-electron chi connectivity index (χ0n) is 8.49. The van der Waals surface area contributed by atoms with Crippen LogP contribution in [0.1, 0.15) is 18.1 Å². The first-order chi connectivity index (χ1) is 7.26. The summed E-state index contributed by atoms with van der Waals surface area (Å²) in [4.78, 5) is 11.0. The van der Waals surface area contributed by atoms with Crippen LogP contribution in [0.25, 0.3) is 0 Å². The van der Waals surface area contributed by atoms with Gasteiger partial charge in [0.2, 0.25) is 0 Å².